The summed E-state index contributed by atoms with van der Waals surface area (Å²) in [4.78, 5) is 26.6. The van der Waals surface area contributed by atoms with E-state index in [9.17, 15) is 19.8 Å². The Morgan fingerprint density at radius 2 is 1.97 bits per heavy atom. The number of esters is 1. The van der Waals surface area contributed by atoms with Crippen molar-refractivity contribution in [2.45, 2.75) is 102 Å². The van der Waals surface area contributed by atoms with Crippen LogP contribution in [0, 0.1) is 34.0 Å². The first-order valence-electron chi connectivity index (χ1n) is 13.0. The van der Waals surface area contributed by atoms with Crippen molar-refractivity contribution in [3.8, 4) is 0 Å². The van der Waals surface area contributed by atoms with Gasteiger partial charge < -0.3 is 20.7 Å². The maximum absolute atomic E-state index is 13.4. The van der Waals surface area contributed by atoms with Gasteiger partial charge in [-0.2, -0.15) is 0 Å². The molecule has 4 saturated carbocycles. The first-order valence-corrected chi connectivity index (χ1v) is 14.0. The quantitative estimate of drug-likeness (QED) is 0.397. The van der Waals surface area contributed by atoms with Crippen molar-refractivity contribution in [2.24, 2.45) is 39.7 Å². The van der Waals surface area contributed by atoms with E-state index in [2.05, 4.69) is 27.4 Å². The SMILES string of the molecule is C=C[C@]1(C)C[C@@H](OC(=O)CS[C@@H]2C[C@@H](N)C[C@H]2O)[C@]2(C)C(C)CCC3(CCC(=O)[C@H]32)[C@@H](C)C1O. The van der Waals surface area contributed by atoms with Crippen LogP contribution in [0.4, 0.5) is 0 Å². The highest BCUT2D eigenvalue weighted by atomic mass is 32.2. The number of carbonyl (C=O) groups is 2. The molecule has 4 rings (SSSR count). The summed E-state index contributed by atoms with van der Waals surface area (Å²) < 4.78 is 6.26. The van der Waals surface area contributed by atoms with Gasteiger partial charge in [0.25, 0.3) is 0 Å². The summed E-state index contributed by atoms with van der Waals surface area (Å²) in [6.07, 6.45) is 5.05. The van der Waals surface area contributed by atoms with Crippen molar-refractivity contribution >= 4 is 23.5 Å². The second-order valence-electron chi connectivity index (χ2n) is 12.2. The van der Waals surface area contributed by atoms with Crippen LogP contribution < -0.4 is 5.73 Å². The van der Waals surface area contributed by atoms with Gasteiger partial charge in [0.15, 0.2) is 0 Å². The minimum atomic E-state index is -0.665. The Morgan fingerprint density at radius 1 is 1.26 bits per heavy atom. The molecule has 0 saturated heterocycles. The lowest BCUT2D eigenvalue weighted by Crippen LogP contribution is -2.63. The van der Waals surface area contributed by atoms with E-state index in [4.69, 9.17) is 10.5 Å². The molecule has 34 heavy (non-hydrogen) atoms. The molecule has 192 valence electrons. The number of nitrogens with two attached hydrogens (primary N) is 1. The van der Waals surface area contributed by atoms with E-state index in [1.54, 1.807) is 0 Å². The lowest BCUT2D eigenvalue weighted by atomic mass is 9.44. The van der Waals surface area contributed by atoms with Gasteiger partial charge in [0, 0.05) is 34.5 Å². The minimum absolute atomic E-state index is 0.0330. The number of rotatable bonds is 5. The average molecular weight is 494 g/mol. The summed E-state index contributed by atoms with van der Waals surface area (Å²) in [5.41, 5.74) is 4.57. The van der Waals surface area contributed by atoms with Crippen molar-refractivity contribution < 1.29 is 24.5 Å². The summed E-state index contributed by atoms with van der Waals surface area (Å²) in [7, 11) is 0. The Kier molecular flexibility index (Phi) is 7.09. The molecule has 4 aliphatic rings. The maximum Gasteiger partial charge on any atom is 0.316 e. The molecule has 3 unspecified atom stereocenters. The second kappa shape index (κ2) is 9.20. The topological polar surface area (TPSA) is 110 Å². The zero-order valence-corrected chi connectivity index (χ0v) is 22.0. The fraction of sp³-hybridized carbons (Fsp3) is 0.852. The fourth-order valence-corrected chi connectivity index (χ4v) is 9.20. The summed E-state index contributed by atoms with van der Waals surface area (Å²) >= 11 is 1.41. The highest BCUT2D eigenvalue weighted by molar-refractivity contribution is 8.00. The van der Waals surface area contributed by atoms with Crippen molar-refractivity contribution in [1.82, 2.24) is 0 Å². The number of hydrogen-bond acceptors (Lipinski definition) is 7. The van der Waals surface area contributed by atoms with Crippen LogP contribution in [0.2, 0.25) is 0 Å². The van der Waals surface area contributed by atoms with Crippen molar-refractivity contribution in [2.75, 3.05) is 5.75 Å². The third-order valence-electron chi connectivity index (χ3n) is 10.5. The molecule has 4 N–H and O–H groups in total. The van der Waals surface area contributed by atoms with Crippen LogP contribution in [0.1, 0.15) is 72.6 Å². The van der Waals surface area contributed by atoms with Crippen LogP contribution in [0.25, 0.3) is 0 Å². The summed E-state index contributed by atoms with van der Waals surface area (Å²) in [6, 6.07) is -0.0330. The Hall–Kier alpha value is -0.890. The first-order chi connectivity index (χ1) is 15.9. The van der Waals surface area contributed by atoms with Crippen molar-refractivity contribution in [3.63, 3.8) is 0 Å². The fourth-order valence-electron chi connectivity index (χ4n) is 8.06. The second-order valence-corrected chi connectivity index (χ2v) is 13.4. The third kappa shape index (κ3) is 3.99. The molecule has 0 aliphatic heterocycles. The first kappa shape index (κ1) is 26.2. The Morgan fingerprint density at radius 3 is 2.59 bits per heavy atom. The van der Waals surface area contributed by atoms with E-state index in [0.717, 1.165) is 19.3 Å². The normalized spacial score (nSPS) is 50.9. The van der Waals surface area contributed by atoms with Crippen LogP contribution in [0.5, 0.6) is 0 Å². The highest BCUT2D eigenvalue weighted by Crippen LogP contribution is 2.68. The van der Waals surface area contributed by atoms with E-state index in [1.807, 2.05) is 13.0 Å². The van der Waals surface area contributed by atoms with Gasteiger partial charge in [0.2, 0.25) is 0 Å². The largest absolute Gasteiger partial charge is 0.461 e. The molecular formula is C27H43NO5S. The molecule has 0 amide bonds. The number of carbonyl (C=O) groups excluding carboxylic acids is 2. The van der Waals surface area contributed by atoms with Gasteiger partial charge in [-0.25, -0.2) is 0 Å². The van der Waals surface area contributed by atoms with Gasteiger partial charge in [-0.05, 0) is 55.8 Å². The number of aliphatic hydroxyl groups excluding tert-OH is 2. The lowest BCUT2D eigenvalue weighted by molar-refractivity contribution is -0.205. The Bertz CT molecular complexity index is 836. The predicted octanol–water partition coefficient (Wildman–Crippen LogP) is 3.48. The molecule has 4 aliphatic carbocycles. The number of ether oxygens (including phenoxy) is 1. The van der Waals surface area contributed by atoms with Gasteiger partial charge >= 0.3 is 5.97 Å². The van der Waals surface area contributed by atoms with E-state index >= 15 is 0 Å². The molecule has 0 aromatic heterocycles. The van der Waals surface area contributed by atoms with Gasteiger partial charge in [-0.15, -0.1) is 18.3 Å². The van der Waals surface area contributed by atoms with E-state index in [1.165, 1.54) is 11.8 Å². The number of hydrogen-bond donors (Lipinski definition) is 3. The number of thioether (sulfide) groups is 1. The monoisotopic (exact) mass is 493 g/mol. The zero-order valence-electron chi connectivity index (χ0n) is 21.2. The minimum Gasteiger partial charge on any atom is -0.461 e. The van der Waals surface area contributed by atoms with Gasteiger partial charge in [-0.3, -0.25) is 9.59 Å². The summed E-state index contributed by atoms with van der Waals surface area (Å²) in [5, 5.41) is 21.7. The van der Waals surface area contributed by atoms with Crippen LogP contribution in [-0.2, 0) is 14.3 Å². The predicted molar refractivity (Wildman–Crippen MR) is 134 cm³/mol. The molecule has 0 heterocycles. The highest BCUT2D eigenvalue weighted by Gasteiger charge is 2.68. The molecule has 0 radical (unpaired) electrons. The van der Waals surface area contributed by atoms with E-state index in [-0.39, 0.29) is 52.0 Å². The smallest absolute Gasteiger partial charge is 0.316 e. The average Bonchev–Trinajstić information content (AvgIpc) is 3.31. The number of Topliss-reactive ketones (excluding diaryl/α,β-unsaturated/α-hetero) is 1. The van der Waals surface area contributed by atoms with Crippen LogP contribution in [0.3, 0.4) is 0 Å². The summed E-state index contributed by atoms with van der Waals surface area (Å²) in [6.45, 7) is 12.5. The Balaban J connectivity index is 1.65. The third-order valence-corrected chi connectivity index (χ3v) is 11.8. The van der Waals surface area contributed by atoms with Gasteiger partial charge in [0.05, 0.1) is 18.0 Å². The molecule has 2 bridgehead atoms. The molecule has 0 aromatic rings. The molecule has 0 aromatic carbocycles. The number of ketones is 1. The molecule has 6 nitrogen and oxygen atoms in total. The standard InChI is InChI=1S/C27H43NO5S/c1-6-25(4)13-21(33-22(31)14-34-20-12-17(28)11-19(20)30)26(5)15(2)7-9-27(16(3)24(25)32)10-8-18(29)23(26)27/h6,15-17,19-21,23-24,30,32H,1,7-14,28H2,2-5H3/t15?,16-,17-,19+,20+,21+,23-,24?,25+,26-,27?/m0/s1. The maximum atomic E-state index is 13.4. The van der Waals surface area contributed by atoms with Crippen LogP contribution in [-0.4, -0.2) is 57.3 Å². The number of aliphatic hydroxyl groups is 2. The molecular weight excluding hydrogens is 450 g/mol. The summed E-state index contributed by atoms with van der Waals surface area (Å²) in [5.74, 6) is 0.0235. The molecule has 0 spiro atoms. The van der Waals surface area contributed by atoms with Crippen molar-refractivity contribution in [3.05, 3.63) is 12.7 Å². The molecule has 11 atom stereocenters. The van der Waals surface area contributed by atoms with Crippen LogP contribution >= 0.6 is 11.8 Å². The van der Waals surface area contributed by atoms with Gasteiger partial charge in [0.1, 0.15) is 11.9 Å². The Labute approximate surface area is 208 Å². The van der Waals surface area contributed by atoms with Crippen molar-refractivity contribution in [1.29, 1.82) is 0 Å². The molecule has 7 heteroatoms. The van der Waals surface area contributed by atoms with E-state index < -0.39 is 29.1 Å². The zero-order chi connectivity index (χ0) is 25.1. The molecule has 4 fully saturated rings. The lowest BCUT2D eigenvalue weighted by Gasteiger charge is -2.61. The van der Waals surface area contributed by atoms with Gasteiger partial charge in [-0.1, -0.05) is 33.8 Å². The van der Waals surface area contributed by atoms with Crippen LogP contribution in [0.15, 0.2) is 12.7 Å². The van der Waals surface area contributed by atoms with E-state index in [0.29, 0.717) is 25.7 Å².